The van der Waals surface area contributed by atoms with Gasteiger partial charge in [-0.3, -0.25) is 4.90 Å². The maximum Gasteiger partial charge on any atom is 0.247 e. The van der Waals surface area contributed by atoms with E-state index in [4.69, 9.17) is 4.52 Å². The lowest BCUT2D eigenvalue weighted by molar-refractivity contribution is 0.190. The molecule has 1 aliphatic carbocycles. The summed E-state index contributed by atoms with van der Waals surface area (Å²) < 4.78 is 5.41. The van der Waals surface area contributed by atoms with Crippen molar-refractivity contribution in [2.75, 3.05) is 26.7 Å². The van der Waals surface area contributed by atoms with Gasteiger partial charge in [-0.25, -0.2) is 0 Å². The molecule has 1 atom stereocenters. The maximum absolute atomic E-state index is 9.44. The molecule has 1 N–H and O–H groups in total. The lowest BCUT2D eigenvalue weighted by Gasteiger charge is -2.30. The second kappa shape index (κ2) is 6.08. The highest BCUT2D eigenvalue weighted by atomic mass is 35.5. The first kappa shape index (κ1) is 15.2. The van der Waals surface area contributed by atoms with Crippen molar-refractivity contribution >= 4 is 12.4 Å². The Labute approximate surface area is 124 Å². The highest BCUT2D eigenvalue weighted by Gasteiger charge is 2.42. The van der Waals surface area contributed by atoms with Gasteiger partial charge in [0.25, 0.3) is 0 Å². The molecule has 6 nitrogen and oxygen atoms in total. The van der Waals surface area contributed by atoms with Crippen LogP contribution in [0, 0.1) is 11.3 Å². The SMILES string of the molecule is CN1CCNCC1c1noc(C2(C#N)CCCC2)n1.Cl. The monoisotopic (exact) mass is 297 g/mol. The molecular weight excluding hydrogens is 278 g/mol. The molecule has 0 spiro atoms. The molecule has 2 aliphatic rings. The van der Waals surface area contributed by atoms with Crippen LogP contribution in [0.1, 0.15) is 43.4 Å². The predicted octanol–water partition coefficient (Wildman–Crippen LogP) is 1.40. The summed E-state index contributed by atoms with van der Waals surface area (Å²) >= 11 is 0. The Morgan fingerprint density at radius 3 is 2.85 bits per heavy atom. The van der Waals surface area contributed by atoms with Gasteiger partial charge in [-0.15, -0.1) is 12.4 Å². The molecule has 1 aromatic heterocycles. The van der Waals surface area contributed by atoms with Crippen molar-refractivity contribution in [3.63, 3.8) is 0 Å². The molecule has 1 saturated carbocycles. The van der Waals surface area contributed by atoms with Crippen LogP contribution < -0.4 is 5.32 Å². The average molecular weight is 298 g/mol. The van der Waals surface area contributed by atoms with Crippen LogP contribution in [0.3, 0.4) is 0 Å². The molecule has 7 heteroatoms. The number of nitrogens with one attached hydrogen (secondary N) is 1. The zero-order valence-corrected chi connectivity index (χ0v) is 12.4. The average Bonchev–Trinajstić information content (AvgIpc) is 3.09. The molecule has 1 unspecified atom stereocenters. The van der Waals surface area contributed by atoms with E-state index in [1.807, 2.05) is 0 Å². The Balaban J connectivity index is 0.00000147. The third-order valence-electron chi connectivity index (χ3n) is 4.33. The fraction of sp³-hybridized carbons (Fsp3) is 0.769. The summed E-state index contributed by atoms with van der Waals surface area (Å²) in [5.41, 5.74) is -0.536. The van der Waals surface area contributed by atoms with Crippen LogP contribution in [-0.4, -0.2) is 41.7 Å². The van der Waals surface area contributed by atoms with E-state index in [0.29, 0.717) is 11.7 Å². The lowest BCUT2D eigenvalue weighted by Crippen LogP contribution is -2.44. The van der Waals surface area contributed by atoms with Crippen LogP contribution in [0.15, 0.2) is 4.52 Å². The molecule has 2 heterocycles. The smallest absolute Gasteiger partial charge is 0.247 e. The first-order chi connectivity index (χ1) is 9.25. The third kappa shape index (κ3) is 2.53. The minimum atomic E-state index is -0.536. The van der Waals surface area contributed by atoms with Crippen LogP contribution in [0.5, 0.6) is 0 Å². The Morgan fingerprint density at radius 2 is 2.20 bits per heavy atom. The van der Waals surface area contributed by atoms with Crippen molar-refractivity contribution in [2.45, 2.75) is 37.1 Å². The van der Waals surface area contributed by atoms with Crippen molar-refractivity contribution in [1.29, 1.82) is 5.26 Å². The van der Waals surface area contributed by atoms with E-state index in [-0.39, 0.29) is 18.4 Å². The largest absolute Gasteiger partial charge is 0.338 e. The second-order valence-corrected chi connectivity index (χ2v) is 5.56. The van der Waals surface area contributed by atoms with E-state index in [1.54, 1.807) is 0 Å². The summed E-state index contributed by atoms with van der Waals surface area (Å²) in [6, 6.07) is 2.54. The fourth-order valence-electron chi connectivity index (χ4n) is 3.01. The summed E-state index contributed by atoms with van der Waals surface area (Å²) in [5.74, 6) is 1.22. The number of piperazine rings is 1. The molecular formula is C13H20ClN5O. The van der Waals surface area contributed by atoms with Crippen LogP contribution in [0.4, 0.5) is 0 Å². The van der Waals surface area contributed by atoms with Crippen molar-refractivity contribution < 1.29 is 4.52 Å². The van der Waals surface area contributed by atoms with Gasteiger partial charge in [0.05, 0.1) is 12.1 Å². The summed E-state index contributed by atoms with van der Waals surface area (Å²) in [6.07, 6.45) is 3.81. The molecule has 0 bridgehead atoms. The zero-order valence-electron chi connectivity index (χ0n) is 11.6. The first-order valence-corrected chi connectivity index (χ1v) is 6.91. The molecule has 20 heavy (non-hydrogen) atoms. The topological polar surface area (TPSA) is 78.0 Å². The normalized spacial score (nSPS) is 25.9. The van der Waals surface area contributed by atoms with E-state index >= 15 is 0 Å². The Kier molecular flexibility index (Phi) is 4.63. The van der Waals surface area contributed by atoms with Gasteiger partial charge in [-0.05, 0) is 19.9 Å². The summed E-state index contributed by atoms with van der Waals surface area (Å²) in [7, 11) is 2.07. The molecule has 2 fully saturated rings. The highest BCUT2D eigenvalue weighted by Crippen LogP contribution is 2.40. The standard InChI is InChI=1S/C13H19N5O.ClH/c1-18-7-6-15-8-10(18)11-16-12(19-17-11)13(9-14)4-2-3-5-13;/h10,15H,2-8H2,1H3;1H. The summed E-state index contributed by atoms with van der Waals surface area (Å²) in [5, 5.41) is 16.9. The maximum atomic E-state index is 9.44. The number of nitrogens with zero attached hydrogens (tertiary/aromatic N) is 4. The van der Waals surface area contributed by atoms with Gasteiger partial charge in [0, 0.05) is 19.6 Å². The van der Waals surface area contributed by atoms with Crippen LogP contribution >= 0.6 is 12.4 Å². The molecule has 0 radical (unpaired) electrons. The van der Waals surface area contributed by atoms with Crippen LogP contribution in [0.2, 0.25) is 0 Å². The quantitative estimate of drug-likeness (QED) is 0.889. The molecule has 3 rings (SSSR count). The van der Waals surface area contributed by atoms with E-state index in [9.17, 15) is 5.26 Å². The van der Waals surface area contributed by atoms with Crippen molar-refractivity contribution in [1.82, 2.24) is 20.4 Å². The van der Waals surface area contributed by atoms with Gasteiger partial charge in [-0.2, -0.15) is 10.2 Å². The number of halogens is 1. The molecule has 1 saturated heterocycles. The van der Waals surface area contributed by atoms with Crippen molar-refractivity contribution in [3.8, 4) is 6.07 Å². The minimum absolute atomic E-state index is 0. The van der Waals surface area contributed by atoms with Gasteiger partial charge < -0.3 is 9.84 Å². The van der Waals surface area contributed by atoms with Crippen molar-refractivity contribution in [3.05, 3.63) is 11.7 Å². The van der Waals surface area contributed by atoms with Crippen molar-refractivity contribution in [2.24, 2.45) is 0 Å². The van der Waals surface area contributed by atoms with Gasteiger partial charge in [0.15, 0.2) is 5.82 Å². The lowest BCUT2D eigenvalue weighted by atomic mass is 9.88. The molecule has 0 amide bonds. The fourth-order valence-corrected chi connectivity index (χ4v) is 3.01. The number of rotatable bonds is 2. The molecule has 1 aliphatic heterocycles. The molecule has 1 aromatic rings. The number of likely N-dealkylation sites (N-methyl/N-ethyl adjacent to an activating group) is 1. The van der Waals surface area contributed by atoms with Gasteiger partial charge in [0.2, 0.25) is 5.89 Å². The Hall–Kier alpha value is -1.16. The van der Waals surface area contributed by atoms with Crippen LogP contribution in [-0.2, 0) is 5.41 Å². The third-order valence-corrected chi connectivity index (χ3v) is 4.33. The van der Waals surface area contributed by atoms with Gasteiger partial charge in [-0.1, -0.05) is 18.0 Å². The number of hydrogen-bond donors (Lipinski definition) is 1. The first-order valence-electron chi connectivity index (χ1n) is 6.91. The van der Waals surface area contributed by atoms with Crippen LogP contribution in [0.25, 0.3) is 0 Å². The number of aromatic nitrogens is 2. The van der Waals surface area contributed by atoms with E-state index in [1.165, 1.54) is 0 Å². The number of hydrogen-bond acceptors (Lipinski definition) is 6. The molecule has 0 aromatic carbocycles. The Bertz CT molecular complexity index is 491. The van der Waals surface area contributed by atoms with E-state index < -0.39 is 5.41 Å². The predicted molar refractivity (Wildman–Crippen MR) is 75.5 cm³/mol. The number of nitriles is 1. The summed E-state index contributed by atoms with van der Waals surface area (Å²) in [4.78, 5) is 6.75. The molecule has 110 valence electrons. The minimum Gasteiger partial charge on any atom is -0.338 e. The highest BCUT2D eigenvalue weighted by molar-refractivity contribution is 5.85. The van der Waals surface area contributed by atoms with E-state index in [0.717, 1.165) is 45.3 Å². The van der Waals surface area contributed by atoms with Gasteiger partial charge in [0.1, 0.15) is 5.41 Å². The van der Waals surface area contributed by atoms with Gasteiger partial charge >= 0.3 is 0 Å². The Morgan fingerprint density at radius 1 is 1.45 bits per heavy atom. The zero-order chi connectivity index (χ0) is 13.3. The second-order valence-electron chi connectivity index (χ2n) is 5.56. The summed E-state index contributed by atoms with van der Waals surface area (Å²) in [6.45, 7) is 2.78. The van der Waals surface area contributed by atoms with E-state index in [2.05, 4.69) is 33.5 Å².